The summed E-state index contributed by atoms with van der Waals surface area (Å²) in [6, 6.07) is 12.0. The van der Waals surface area contributed by atoms with Gasteiger partial charge in [0.05, 0.1) is 11.4 Å². The van der Waals surface area contributed by atoms with Crippen LogP contribution in [0.2, 0.25) is 5.02 Å². The van der Waals surface area contributed by atoms with Gasteiger partial charge in [0, 0.05) is 23.7 Å². The van der Waals surface area contributed by atoms with Crippen molar-refractivity contribution >= 4 is 52.4 Å². The topological polar surface area (TPSA) is 95.6 Å². The van der Waals surface area contributed by atoms with Gasteiger partial charge in [0.1, 0.15) is 5.82 Å². The molecule has 31 heavy (non-hydrogen) atoms. The molecule has 2 N–H and O–H groups in total. The van der Waals surface area contributed by atoms with E-state index in [1.807, 2.05) is 0 Å². The van der Waals surface area contributed by atoms with E-state index in [-0.39, 0.29) is 30.1 Å². The van der Waals surface area contributed by atoms with Gasteiger partial charge in [-0.3, -0.25) is 24.1 Å². The van der Waals surface area contributed by atoms with Crippen LogP contribution in [0.3, 0.4) is 0 Å². The summed E-state index contributed by atoms with van der Waals surface area (Å²) in [7, 11) is 0. The average molecular weight is 462 g/mol. The van der Waals surface area contributed by atoms with E-state index < -0.39 is 28.8 Å². The zero-order valence-corrected chi connectivity index (χ0v) is 17.6. The molecule has 3 rings (SSSR count). The molecule has 0 bridgehead atoms. The van der Waals surface area contributed by atoms with E-state index in [1.54, 1.807) is 30.3 Å². The van der Waals surface area contributed by atoms with Gasteiger partial charge in [0.2, 0.25) is 5.91 Å². The molecule has 2 aromatic carbocycles. The number of nitrogens with zero attached hydrogens (tertiary/aromatic N) is 1. The van der Waals surface area contributed by atoms with Crippen LogP contribution in [0, 0.1) is 5.82 Å². The second-order valence-electron chi connectivity index (χ2n) is 6.40. The Bertz CT molecular complexity index is 1080. The second kappa shape index (κ2) is 10.2. The monoisotopic (exact) mass is 461 g/mol. The SMILES string of the molecule is O=C(CNC(=O)c1cccc(F)c1)NCCN1C(=O)S/C(=C\c2ccccc2Cl)C1=O. The number of hydrogen-bond donors (Lipinski definition) is 2. The summed E-state index contributed by atoms with van der Waals surface area (Å²) in [5.74, 6) is -2.13. The maximum Gasteiger partial charge on any atom is 0.293 e. The number of amides is 4. The minimum absolute atomic E-state index is 0.0197. The lowest BCUT2D eigenvalue weighted by molar-refractivity contribution is -0.124. The predicted molar refractivity (Wildman–Crippen MR) is 116 cm³/mol. The normalized spacial score (nSPS) is 14.8. The number of carbonyl (C=O) groups is 4. The van der Waals surface area contributed by atoms with Crippen LogP contribution in [0.5, 0.6) is 0 Å². The van der Waals surface area contributed by atoms with E-state index in [1.165, 1.54) is 18.2 Å². The van der Waals surface area contributed by atoms with E-state index >= 15 is 0 Å². The molecule has 7 nitrogen and oxygen atoms in total. The molecule has 0 aliphatic carbocycles. The maximum absolute atomic E-state index is 13.1. The highest BCUT2D eigenvalue weighted by molar-refractivity contribution is 8.18. The Morgan fingerprint density at radius 2 is 1.87 bits per heavy atom. The van der Waals surface area contributed by atoms with E-state index in [0.717, 1.165) is 22.7 Å². The number of thioether (sulfide) groups is 1. The molecule has 0 spiro atoms. The molecule has 0 unspecified atom stereocenters. The Kier molecular flexibility index (Phi) is 7.43. The number of carbonyl (C=O) groups excluding carboxylic acids is 4. The first-order valence-electron chi connectivity index (χ1n) is 9.15. The van der Waals surface area contributed by atoms with Gasteiger partial charge in [-0.1, -0.05) is 35.9 Å². The fourth-order valence-corrected chi connectivity index (χ4v) is 3.73. The standard InChI is InChI=1S/C21H17ClFN3O4S/c22-16-7-2-1-4-13(16)11-17-20(29)26(21(30)31-17)9-8-24-18(27)12-25-19(28)14-5-3-6-15(23)10-14/h1-7,10-11H,8-9,12H2,(H,24,27)(H,25,28)/b17-11-. The van der Waals surface area contributed by atoms with Crippen molar-refractivity contribution < 1.29 is 23.6 Å². The zero-order valence-electron chi connectivity index (χ0n) is 16.1. The molecule has 0 atom stereocenters. The number of rotatable bonds is 7. The predicted octanol–water partition coefficient (Wildman–Crippen LogP) is 3.06. The van der Waals surface area contributed by atoms with E-state index in [9.17, 15) is 23.6 Å². The molecule has 2 aromatic rings. The van der Waals surface area contributed by atoms with Crippen molar-refractivity contribution in [2.75, 3.05) is 19.6 Å². The van der Waals surface area contributed by atoms with Gasteiger partial charge >= 0.3 is 0 Å². The van der Waals surface area contributed by atoms with E-state index in [2.05, 4.69) is 10.6 Å². The highest BCUT2D eigenvalue weighted by Gasteiger charge is 2.34. The van der Waals surface area contributed by atoms with Crippen molar-refractivity contribution in [1.82, 2.24) is 15.5 Å². The van der Waals surface area contributed by atoms with Crippen molar-refractivity contribution in [2.45, 2.75) is 0 Å². The molecular formula is C21H17ClFN3O4S. The van der Waals surface area contributed by atoms with Crippen LogP contribution in [-0.2, 0) is 9.59 Å². The van der Waals surface area contributed by atoms with Crippen molar-refractivity contribution in [3.8, 4) is 0 Å². The van der Waals surface area contributed by atoms with Gasteiger partial charge in [-0.25, -0.2) is 4.39 Å². The average Bonchev–Trinajstić information content (AvgIpc) is 3.01. The van der Waals surface area contributed by atoms with Crippen LogP contribution >= 0.6 is 23.4 Å². The van der Waals surface area contributed by atoms with Crippen molar-refractivity contribution in [3.05, 3.63) is 75.4 Å². The lowest BCUT2D eigenvalue weighted by Crippen LogP contribution is -2.41. The third-order valence-electron chi connectivity index (χ3n) is 4.22. The third-order valence-corrected chi connectivity index (χ3v) is 5.47. The number of benzene rings is 2. The van der Waals surface area contributed by atoms with Crippen molar-refractivity contribution in [2.24, 2.45) is 0 Å². The largest absolute Gasteiger partial charge is 0.353 e. The number of hydrogen-bond acceptors (Lipinski definition) is 5. The van der Waals surface area contributed by atoms with Gasteiger partial charge in [-0.2, -0.15) is 0 Å². The summed E-state index contributed by atoms with van der Waals surface area (Å²) in [5.41, 5.74) is 0.716. The Labute approximate surface area is 186 Å². The van der Waals surface area contributed by atoms with Crippen molar-refractivity contribution in [1.29, 1.82) is 0 Å². The first-order chi connectivity index (χ1) is 14.8. The summed E-state index contributed by atoms with van der Waals surface area (Å²) < 4.78 is 13.1. The summed E-state index contributed by atoms with van der Waals surface area (Å²) >= 11 is 6.88. The maximum atomic E-state index is 13.1. The number of imide groups is 1. The molecule has 1 aliphatic heterocycles. The Hall–Kier alpha value is -3.17. The first-order valence-corrected chi connectivity index (χ1v) is 10.3. The van der Waals surface area contributed by atoms with Crippen LogP contribution in [0.25, 0.3) is 6.08 Å². The molecule has 10 heteroatoms. The molecule has 0 saturated carbocycles. The second-order valence-corrected chi connectivity index (χ2v) is 7.80. The van der Waals surface area contributed by atoms with Gasteiger partial charge in [0.25, 0.3) is 17.1 Å². The van der Waals surface area contributed by atoms with Crippen molar-refractivity contribution in [3.63, 3.8) is 0 Å². The smallest absolute Gasteiger partial charge is 0.293 e. The minimum atomic E-state index is -0.592. The molecular weight excluding hydrogens is 445 g/mol. The van der Waals surface area contributed by atoms with Gasteiger partial charge in [-0.05, 0) is 47.7 Å². The van der Waals surface area contributed by atoms with Gasteiger partial charge < -0.3 is 10.6 Å². The third kappa shape index (κ3) is 5.93. The van der Waals surface area contributed by atoms with Crippen LogP contribution in [0.15, 0.2) is 53.4 Å². The molecule has 0 radical (unpaired) electrons. The summed E-state index contributed by atoms with van der Waals surface area (Å²) in [5, 5.41) is 4.90. The summed E-state index contributed by atoms with van der Waals surface area (Å²) in [6.45, 7) is -0.330. The van der Waals surface area contributed by atoms with Crippen LogP contribution in [-0.4, -0.2) is 47.5 Å². The lowest BCUT2D eigenvalue weighted by Gasteiger charge is -2.13. The van der Waals surface area contributed by atoms with E-state index in [4.69, 9.17) is 11.6 Å². The Balaban J connectivity index is 1.47. The lowest BCUT2D eigenvalue weighted by atomic mass is 10.2. The van der Waals surface area contributed by atoms with Gasteiger partial charge in [0.15, 0.2) is 0 Å². The highest BCUT2D eigenvalue weighted by Crippen LogP contribution is 2.33. The van der Waals surface area contributed by atoms with Crippen LogP contribution < -0.4 is 10.6 Å². The molecule has 1 fully saturated rings. The summed E-state index contributed by atoms with van der Waals surface area (Å²) in [6.07, 6.45) is 1.55. The number of halogens is 2. The first kappa shape index (κ1) is 22.5. The van der Waals surface area contributed by atoms with Gasteiger partial charge in [-0.15, -0.1) is 0 Å². The molecule has 0 aromatic heterocycles. The summed E-state index contributed by atoms with van der Waals surface area (Å²) in [4.78, 5) is 49.7. The number of nitrogens with one attached hydrogen (secondary N) is 2. The van der Waals surface area contributed by atoms with Crippen LogP contribution in [0.4, 0.5) is 9.18 Å². The Morgan fingerprint density at radius 1 is 1.10 bits per heavy atom. The zero-order chi connectivity index (χ0) is 22.4. The molecule has 1 heterocycles. The Morgan fingerprint density at radius 3 is 2.61 bits per heavy atom. The highest BCUT2D eigenvalue weighted by atomic mass is 35.5. The quantitative estimate of drug-likeness (QED) is 0.618. The molecule has 1 saturated heterocycles. The fraction of sp³-hybridized carbons (Fsp3) is 0.143. The molecule has 4 amide bonds. The fourth-order valence-electron chi connectivity index (χ4n) is 2.69. The minimum Gasteiger partial charge on any atom is -0.353 e. The molecule has 1 aliphatic rings. The molecule has 160 valence electrons. The van der Waals surface area contributed by atoms with Crippen LogP contribution in [0.1, 0.15) is 15.9 Å². The van der Waals surface area contributed by atoms with E-state index in [0.29, 0.717) is 10.6 Å².